The molecule has 0 bridgehead atoms. The monoisotopic (exact) mass is 390 g/mol. The average molecular weight is 391 g/mol. The second kappa shape index (κ2) is 8.35. The molecule has 2 aromatic heterocycles. The van der Waals surface area contributed by atoms with Gasteiger partial charge in [-0.1, -0.05) is 25.3 Å². The van der Waals surface area contributed by atoms with Crippen molar-refractivity contribution in [3.8, 4) is 11.5 Å². The maximum absolute atomic E-state index is 13.0. The van der Waals surface area contributed by atoms with Crippen molar-refractivity contribution in [1.29, 1.82) is 0 Å². The van der Waals surface area contributed by atoms with Crippen LogP contribution in [0.4, 0.5) is 0 Å². The number of hydrogen-bond donors (Lipinski definition) is 1. The van der Waals surface area contributed by atoms with E-state index in [-0.39, 0.29) is 24.4 Å². The van der Waals surface area contributed by atoms with Gasteiger partial charge in [0.25, 0.3) is 0 Å². The third kappa shape index (κ3) is 3.84. The van der Waals surface area contributed by atoms with Crippen LogP contribution >= 0.6 is 12.4 Å². The number of nitrogens with zero attached hydrogens (tertiary/aromatic N) is 5. The van der Waals surface area contributed by atoms with Gasteiger partial charge in [-0.25, -0.2) is 0 Å². The summed E-state index contributed by atoms with van der Waals surface area (Å²) < 4.78 is 2.10. The molecule has 0 radical (unpaired) electrons. The van der Waals surface area contributed by atoms with Gasteiger partial charge in [-0.2, -0.15) is 0 Å². The van der Waals surface area contributed by atoms with Crippen molar-refractivity contribution in [1.82, 2.24) is 24.6 Å². The van der Waals surface area contributed by atoms with E-state index in [9.17, 15) is 4.79 Å². The fourth-order valence-electron chi connectivity index (χ4n) is 4.27. The van der Waals surface area contributed by atoms with E-state index < -0.39 is 6.04 Å². The minimum atomic E-state index is -0.396. The van der Waals surface area contributed by atoms with Gasteiger partial charge in [0, 0.05) is 12.7 Å². The number of carbonyl (C=O) groups is 1. The summed E-state index contributed by atoms with van der Waals surface area (Å²) in [7, 11) is 0. The number of pyridine rings is 1. The summed E-state index contributed by atoms with van der Waals surface area (Å²) in [4.78, 5) is 19.2. The molecule has 1 aliphatic carbocycles. The van der Waals surface area contributed by atoms with Crippen molar-refractivity contribution in [3.63, 3.8) is 0 Å². The number of amides is 1. The van der Waals surface area contributed by atoms with Gasteiger partial charge in [0.05, 0.1) is 18.6 Å². The highest BCUT2D eigenvalue weighted by Gasteiger charge is 2.34. The van der Waals surface area contributed by atoms with E-state index in [4.69, 9.17) is 5.73 Å². The number of fused-ring (bicyclic) bond motifs is 1. The predicted octanol–water partition coefficient (Wildman–Crippen LogP) is 2.57. The van der Waals surface area contributed by atoms with Crippen LogP contribution in [0.1, 0.15) is 50.9 Å². The molecule has 0 saturated heterocycles. The highest BCUT2D eigenvalue weighted by Crippen LogP contribution is 2.29. The molecule has 3 heterocycles. The van der Waals surface area contributed by atoms with Gasteiger partial charge in [0.15, 0.2) is 11.6 Å². The largest absolute Gasteiger partial charge is 0.332 e. The summed E-state index contributed by atoms with van der Waals surface area (Å²) >= 11 is 0. The molecule has 146 valence electrons. The van der Waals surface area contributed by atoms with Crippen molar-refractivity contribution in [2.24, 2.45) is 11.7 Å². The molecule has 4 rings (SSSR count). The second-order valence-electron chi connectivity index (χ2n) is 7.52. The van der Waals surface area contributed by atoms with Crippen molar-refractivity contribution in [2.75, 3.05) is 6.54 Å². The second-order valence-corrected chi connectivity index (χ2v) is 7.52. The Bertz CT molecular complexity index is 774. The van der Waals surface area contributed by atoms with E-state index in [1.807, 2.05) is 23.1 Å². The van der Waals surface area contributed by atoms with Crippen LogP contribution in [0.5, 0.6) is 0 Å². The fraction of sp³-hybridized carbons (Fsp3) is 0.579. The van der Waals surface area contributed by atoms with E-state index >= 15 is 0 Å². The van der Waals surface area contributed by atoms with E-state index in [2.05, 4.69) is 26.7 Å². The molecule has 2 aromatic rings. The van der Waals surface area contributed by atoms with Crippen LogP contribution in [0.15, 0.2) is 24.4 Å². The molecular formula is C19H27ClN6O. The first-order valence-corrected chi connectivity index (χ1v) is 9.54. The number of aromatic nitrogens is 4. The van der Waals surface area contributed by atoms with Crippen LogP contribution < -0.4 is 5.73 Å². The van der Waals surface area contributed by atoms with Gasteiger partial charge in [-0.3, -0.25) is 9.78 Å². The summed E-state index contributed by atoms with van der Waals surface area (Å²) in [5.41, 5.74) is 7.14. The Morgan fingerprint density at radius 2 is 2.00 bits per heavy atom. The first-order valence-electron chi connectivity index (χ1n) is 9.54. The lowest BCUT2D eigenvalue weighted by atomic mass is 9.83. The Balaban J connectivity index is 0.00000210. The number of rotatable bonds is 3. The lowest BCUT2D eigenvalue weighted by Gasteiger charge is -2.36. The summed E-state index contributed by atoms with van der Waals surface area (Å²) in [6.07, 6.45) is 7.52. The average Bonchev–Trinajstić information content (AvgIpc) is 3.13. The summed E-state index contributed by atoms with van der Waals surface area (Å²) in [5, 5.41) is 8.65. The lowest BCUT2D eigenvalue weighted by Crippen LogP contribution is -2.51. The Hall–Kier alpha value is -1.99. The number of nitrogens with two attached hydrogens (primary N) is 1. The molecule has 1 amide bonds. The van der Waals surface area contributed by atoms with Crippen LogP contribution in [0.25, 0.3) is 11.5 Å². The molecule has 2 aliphatic rings. The quantitative estimate of drug-likeness (QED) is 0.869. The van der Waals surface area contributed by atoms with E-state index in [1.54, 1.807) is 6.20 Å². The highest BCUT2D eigenvalue weighted by atomic mass is 35.5. The molecule has 8 heteroatoms. The molecule has 0 unspecified atom stereocenters. The fourth-order valence-corrected chi connectivity index (χ4v) is 4.27. The zero-order chi connectivity index (χ0) is 18.1. The molecule has 1 aliphatic heterocycles. The summed E-state index contributed by atoms with van der Waals surface area (Å²) in [6.45, 7) is 3.18. The number of halogens is 1. The molecule has 2 N–H and O–H groups in total. The molecular weight excluding hydrogens is 364 g/mol. The third-order valence-corrected chi connectivity index (χ3v) is 5.67. The van der Waals surface area contributed by atoms with Crippen molar-refractivity contribution >= 4 is 18.3 Å². The Labute approximate surface area is 165 Å². The van der Waals surface area contributed by atoms with Crippen LogP contribution in [-0.2, 0) is 11.3 Å². The zero-order valence-corrected chi connectivity index (χ0v) is 16.4. The van der Waals surface area contributed by atoms with Gasteiger partial charge in [-0.15, -0.1) is 22.6 Å². The molecule has 1 saturated carbocycles. The normalized spacial score (nSPS) is 21.3. The minimum Gasteiger partial charge on any atom is -0.332 e. The highest BCUT2D eigenvalue weighted by molar-refractivity contribution is 5.85. The zero-order valence-electron chi connectivity index (χ0n) is 15.6. The maximum atomic E-state index is 13.0. The summed E-state index contributed by atoms with van der Waals surface area (Å²) in [6, 6.07) is 5.45. The lowest BCUT2D eigenvalue weighted by molar-refractivity contribution is -0.136. The van der Waals surface area contributed by atoms with Gasteiger partial charge in [0.1, 0.15) is 5.69 Å². The van der Waals surface area contributed by atoms with Crippen molar-refractivity contribution in [2.45, 2.75) is 57.7 Å². The Morgan fingerprint density at radius 3 is 2.70 bits per heavy atom. The van der Waals surface area contributed by atoms with Gasteiger partial charge in [0.2, 0.25) is 5.91 Å². The maximum Gasteiger partial charge on any atom is 0.240 e. The molecule has 7 nitrogen and oxygen atoms in total. The standard InChI is InChI=1S/C19H26N6O.ClH/c1-13-11-24(19(26)17(20)14-7-3-2-4-8-14)12-16-22-23-18(25(13)16)15-9-5-6-10-21-15;/h5-6,9-10,13-14,17H,2-4,7-8,11-12,20H2,1H3;1H/t13-,17-;/m0./s1. The van der Waals surface area contributed by atoms with Crippen LogP contribution in [0.2, 0.25) is 0 Å². The number of hydrogen-bond acceptors (Lipinski definition) is 5. The van der Waals surface area contributed by atoms with Crippen LogP contribution in [0, 0.1) is 5.92 Å². The first-order chi connectivity index (χ1) is 12.6. The van der Waals surface area contributed by atoms with Crippen LogP contribution in [-0.4, -0.2) is 43.1 Å². The molecule has 0 aromatic carbocycles. The first kappa shape index (κ1) is 19.8. The molecule has 0 spiro atoms. The minimum absolute atomic E-state index is 0. The topological polar surface area (TPSA) is 89.9 Å². The van der Waals surface area contributed by atoms with E-state index in [0.717, 1.165) is 30.2 Å². The van der Waals surface area contributed by atoms with Gasteiger partial charge in [-0.05, 0) is 37.8 Å². The van der Waals surface area contributed by atoms with Crippen LogP contribution in [0.3, 0.4) is 0 Å². The van der Waals surface area contributed by atoms with Crippen molar-refractivity contribution < 1.29 is 4.79 Å². The van der Waals surface area contributed by atoms with Gasteiger partial charge >= 0.3 is 0 Å². The Morgan fingerprint density at radius 1 is 1.22 bits per heavy atom. The predicted molar refractivity (Wildman–Crippen MR) is 105 cm³/mol. The van der Waals surface area contributed by atoms with Gasteiger partial charge < -0.3 is 15.2 Å². The van der Waals surface area contributed by atoms with E-state index in [0.29, 0.717) is 19.0 Å². The summed E-state index contributed by atoms with van der Waals surface area (Å²) in [5.74, 6) is 1.93. The SMILES string of the molecule is C[C@H]1CN(C(=O)[C@@H](N)C2CCCCC2)Cc2nnc(-c3ccccn3)n21.Cl. The molecule has 27 heavy (non-hydrogen) atoms. The molecule has 1 fully saturated rings. The van der Waals surface area contributed by atoms with E-state index in [1.165, 1.54) is 19.3 Å². The number of carbonyl (C=O) groups excluding carboxylic acids is 1. The smallest absolute Gasteiger partial charge is 0.240 e. The van der Waals surface area contributed by atoms with Crippen molar-refractivity contribution in [3.05, 3.63) is 30.2 Å². The molecule has 2 atom stereocenters. The third-order valence-electron chi connectivity index (χ3n) is 5.67. The Kier molecular flexibility index (Phi) is 6.11.